The maximum absolute atomic E-state index is 12.0. The van der Waals surface area contributed by atoms with E-state index in [0.29, 0.717) is 12.0 Å². The van der Waals surface area contributed by atoms with E-state index in [2.05, 4.69) is 21.2 Å². The van der Waals surface area contributed by atoms with Gasteiger partial charge in [0, 0.05) is 11.0 Å². The van der Waals surface area contributed by atoms with Crippen LogP contribution in [0.5, 0.6) is 0 Å². The lowest BCUT2D eigenvalue weighted by molar-refractivity contribution is -0.141. The summed E-state index contributed by atoms with van der Waals surface area (Å²) in [6.07, 6.45) is 1.34. The summed E-state index contributed by atoms with van der Waals surface area (Å²) in [5.74, 6) is -1.65. The second-order valence-corrected chi connectivity index (χ2v) is 5.26. The van der Waals surface area contributed by atoms with Crippen molar-refractivity contribution in [3.05, 3.63) is 33.8 Å². The van der Waals surface area contributed by atoms with Gasteiger partial charge in [-0.3, -0.25) is 9.59 Å². The first-order chi connectivity index (χ1) is 8.97. The van der Waals surface area contributed by atoms with Crippen molar-refractivity contribution in [1.29, 1.82) is 0 Å². The SMILES string of the molecule is CCCC(CNC(=O)c1cccc(C)c1Br)C(=O)O. The molecule has 5 heteroatoms. The second-order valence-electron chi connectivity index (χ2n) is 4.47. The molecule has 1 amide bonds. The van der Waals surface area contributed by atoms with Gasteiger partial charge in [0.1, 0.15) is 0 Å². The van der Waals surface area contributed by atoms with Gasteiger partial charge in [0.25, 0.3) is 5.91 Å². The molecular weight excluding hydrogens is 310 g/mol. The van der Waals surface area contributed by atoms with E-state index in [0.717, 1.165) is 16.5 Å². The van der Waals surface area contributed by atoms with Crippen molar-refractivity contribution in [2.24, 2.45) is 5.92 Å². The molecule has 1 aromatic rings. The largest absolute Gasteiger partial charge is 0.481 e. The Morgan fingerprint density at radius 2 is 2.11 bits per heavy atom. The monoisotopic (exact) mass is 327 g/mol. The van der Waals surface area contributed by atoms with E-state index in [1.807, 2.05) is 19.9 Å². The van der Waals surface area contributed by atoms with Crippen molar-refractivity contribution in [3.63, 3.8) is 0 Å². The van der Waals surface area contributed by atoms with Crippen molar-refractivity contribution in [1.82, 2.24) is 5.32 Å². The topological polar surface area (TPSA) is 66.4 Å². The van der Waals surface area contributed by atoms with Gasteiger partial charge in [-0.1, -0.05) is 25.5 Å². The molecule has 0 saturated carbocycles. The minimum absolute atomic E-state index is 0.155. The molecule has 0 fully saturated rings. The zero-order valence-corrected chi connectivity index (χ0v) is 12.7. The number of benzene rings is 1. The average molecular weight is 328 g/mol. The number of carboxylic acids is 1. The summed E-state index contributed by atoms with van der Waals surface area (Å²) in [6, 6.07) is 5.41. The molecule has 0 aliphatic heterocycles. The summed E-state index contributed by atoms with van der Waals surface area (Å²) in [7, 11) is 0. The third-order valence-electron chi connectivity index (χ3n) is 2.93. The fraction of sp³-hybridized carbons (Fsp3) is 0.429. The van der Waals surface area contributed by atoms with Gasteiger partial charge in [-0.15, -0.1) is 0 Å². The quantitative estimate of drug-likeness (QED) is 0.844. The molecule has 0 heterocycles. The number of carbonyl (C=O) groups excluding carboxylic acids is 1. The Bertz CT molecular complexity index is 474. The van der Waals surface area contributed by atoms with Gasteiger partial charge in [-0.25, -0.2) is 0 Å². The molecule has 1 atom stereocenters. The molecule has 0 saturated heterocycles. The maximum atomic E-state index is 12.0. The van der Waals surface area contributed by atoms with Crippen molar-refractivity contribution in [2.75, 3.05) is 6.54 Å². The van der Waals surface area contributed by atoms with Gasteiger partial charge >= 0.3 is 5.97 Å². The van der Waals surface area contributed by atoms with Gasteiger partial charge in [0.2, 0.25) is 0 Å². The Hall–Kier alpha value is -1.36. The van der Waals surface area contributed by atoms with Crippen LogP contribution in [0.2, 0.25) is 0 Å². The highest BCUT2D eigenvalue weighted by Gasteiger charge is 2.18. The Balaban J connectivity index is 2.69. The van der Waals surface area contributed by atoms with E-state index in [1.165, 1.54) is 0 Å². The van der Waals surface area contributed by atoms with Crippen LogP contribution >= 0.6 is 15.9 Å². The molecule has 0 bridgehead atoms. The highest BCUT2D eigenvalue weighted by atomic mass is 79.9. The molecule has 0 radical (unpaired) electrons. The lowest BCUT2D eigenvalue weighted by Gasteiger charge is -2.13. The Labute approximate surface area is 121 Å². The summed E-state index contributed by atoms with van der Waals surface area (Å²) >= 11 is 3.37. The lowest BCUT2D eigenvalue weighted by Crippen LogP contribution is -2.33. The van der Waals surface area contributed by atoms with E-state index in [1.54, 1.807) is 12.1 Å². The zero-order chi connectivity index (χ0) is 14.4. The number of amides is 1. The molecule has 0 aliphatic rings. The van der Waals surface area contributed by atoms with Crippen LogP contribution in [-0.2, 0) is 4.79 Å². The molecule has 0 aliphatic carbocycles. The smallest absolute Gasteiger partial charge is 0.308 e. The minimum Gasteiger partial charge on any atom is -0.481 e. The van der Waals surface area contributed by atoms with Crippen LogP contribution in [0.1, 0.15) is 35.7 Å². The molecule has 1 rings (SSSR count). The van der Waals surface area contributed by atoms with Crippen molar-refractivity contribution >= 4 is 27.8 Å². The fourth-order valence-corrected chi connectivity index (χ4v) is 2.24. The molecule has 2 N–H and O–H groups in total. The number of halogens is 1. The van der Waals surface area contributed by atoms with Gasteiger partial charge in [-0.05, 0) is 40.9 Å². The first-order valence-electron chi connectivity index (χ1n) is 6.23. The predicted octanol–water partition coefficient (Wildman–Crippen LogP) is 2.99. The number of carboxylic acid groups (broad SMARTS) is 1. The summed E-state index contributed by atoms with van der Waals surface area (Å²) in [6.45, 7) is 3.98. The first kappa shape index (κ1) is 15.7. The first-order valence-corrected chi connectivity index (χ1v) is 7.02. The van der Waals surface area contributed by atoms with Crippen LogP contribution < -0.4 is 5.32 Å². The molecule has 19 heavy (non-hydrogen) atoms. The van der Waals surface area contributed by atoms with Gasteiger partial charge < -0.3 is 10.4 Å². The van der Waals surface area contributed by atoms with E-state index >= 15 is 0 Å². The number of hydrogen-bond donors (Lipinski definition) is 2. The van der Waals surface area contributed by atoms with Crippen molar-refractivity contribution < 1.29 is 14.7 Å². The Morgan fingerprint density at radius 3 is 2.68 bits per heavy atom. The molecular formula is C14H18BrNO3. The van der Waals surface area contributed by atoms with E-state index < -0.39 is 11.9 Å². The van der Waals surface area contributed by atoms with Crippen LogP contribution in [0.15, 0.2) is 22.7 Å². The van der Waals surface area contributed by atoms with Crippen LogP contribution in [0.25, 0.3) is 0 Å². The molecule has 104 valence electrons. The Morgan fingerprint density at radius 1 is 1.42 bits per heavy atom. The molecule has 1 unspecified atom stereocenters. The summed E-state index contributed by atoms with van der Waals surface area (Å²) < 4.78 is 0.745. The van der Waals surface area contributed by atoms with E-state index in [9.17, 15) is 9.59 Å². The number of rotatable bonds is 6. The summed E-state index contributed by atoms with van der Waals surface area (Å²) in [5.41, 5.74) is 1.50. The van der Waals surface area contributed by atoms with Crippen LogP contribution in [0.3, 0.4) is 0 Å². The number of aliphatic carboxylic acids is 1. The predicted molar refractivity (Wildman–Crippen MR) is 77.2 cm³/mol. The van der Waals surface area contributed by atoms with E-state index in [-0.39, 0.29) is 12.5 Å². The van der Waals surface area contributed by atoms with Gasteiger partial charge in [-0.2, -0.15) is 0 Å². The number of carbonyl (C=O) groups is 2. The maximum Gasteiger partial charge on any atom is 0.308 e. The van der Waals surface area contributed by atoms with Crippen molar-refractivity contribution in [2.45, 2.75) is 26.7 Å². The van der Waals surface area contributed by atoms with Crippen molar-refractivity contribution in [3.8, 4) is 0 Å². The normalized spacial score (nSPS) is 11.9. The van der Waals surface area contributed by atoms with Crippen LogP contribution in [0.4, 0.5) is 0 Å². The summed E-state index contributed by atoms with van der Waals surface area (Å²) in [5, 5.41) is 11.7. The molecule has 0 aromatic heterocycles. The third-order valence-corrected chi connectivity index (χ3v) is 3.98. The van der Waals surface area contributed by atoms with Crippen LogP contribution in [-0.4, -0.2) is 23.5 Å². The summed E-state index contributed by atoms with van der Waals surface area (Å²) in [4.78, 5) is 23.0. The fourth-order valence-electron chi connectivity index (χ4n) is 1.80. The second kappa shape index (κ2) is 7.28. The highest BCUT2D eigenvalue weighted by Crippen LogP contribution is 2.20. The van der Waals surface area contributed by atoms with E-state index in [4.69, 9.17) is 5.11 Å². The average Bonchev–Trinajstić information content (AvgIpc) is 2.37. The highest BCUT2D eigenvalue weighted by molar-refractivity contribution is 9.10. The van der Waals surface area contributed by atoms with Gasteiger partial charge in [0.15, 0.2) is 0 Å². The standard InChI is InChI=1S/C14H18BrNO3/c1-3-5-10(14(18)19)8-16-13(17)11-7-4-6-9(2)12(11)15/h4,6-7,10H,3,5,8H2,1-2H3,(H,16,17)(H,18,19). The molecule has 1 aromatic carbocycles. The van der Waals surface area contributed by atoms with Gasteiger partial charge in [0.05, 0.1) is 11.5 Å². The third kappa shape index (κ3) is 4.35. The molecule has 4 nitrogen and oxygen atoms in total. The number of hydrogen-bond acceptors (Lipinski definition) is 2. The zero-order valence-electron chi connectivity index (χ0n) is 11.1. The molecule has 0 spiro atoms. The Kier molecular flexibility index (Phi) is 6.02. The minimum atomic E-state index is -0.870. The lowest BCUT2D eigenvalue weighted by atomic mass is 10.0. The number of nitrogens with one attached hydrogen (secondary N) is 1. The number of aryl methyl sites for hydroxylation is 1. The van der Waals surface area contributed by atoms with Crippen LogP contribution in [0, 0.1) is 12.8 Å².